The van der Waals surface area contributed by atoms with Crippen molar-refractivity contribution < 1.29 is 26.4 Å². The van der Waals surface area contributed by atoms with Gasteiger partial charge >= 0.3 is 6.18 Å². The van der Waals surface area contributed by atoms with Crippen LogP contribution in [-0.2, 0) is 16.2 Å². The summed E-state index contributed by atoms with van der Waals surface area (Å²) in [7, 11) is -3.62. The van der Waals surface area contributed by atoms with Crippen molar-refractivity contribution in [3.63, 3.8) is 0 Å². The van der Waals surface area contributed by atoms with Crippen LogP contribution < -0.4 is 5.32 Å². The maximum atomic E-state index is 13.9. The number of hydrogen-bond acceptors (Lipinski definition) is 5. The van der Waals surface area contributed by atoms with Crippen molar-refractivity contribution in [2.45, 2.75) is 23.9 Å². The van der Waals surface area contributed by atoms with Gasteiger partial charge < -0.3 is 5.32 Å². The summed E-state index contributed by atoms with van der Waals surface area (Å²) in [4.78, 5) is 17.4. The molecule has 0 radical (unpaired) electrons. The zero-order valence-corrected chi connectivity index (χ0v) is 21.4. The Labute approximate surface area is 218 Å². The van der Waals surface area contributed by atoms with E-state index in [4.69, 9.17) is 0 Å². The number of aromatic nitrogens is 3. The average molecular weight is 594 g/mol. The van der Waals surface area contributed by atoms with Crippen molar-refractivity contribution in [2.75, 3.05) is 18.4 Å². The number of sulfonamides is 1. The molecule has 4 aromatic rings. The molecule has 0 bridgehead atoms. The molecule has 0 atom stereocenters. The van der Waals surface area contributed by atoms with Gasteiger partial charge in [0.05, 0.1) is 15.1 Å². The number of fused-ring (bicyclic) bond motifs is 1. The van der Waals surface area contributed by atoms with Gasteiger partial charge in [0.25, 0.3) is 5.91 Å². The molecule has 8 nitrogen and oxygen atoms in total. The first-order valence-corrected chi connectivity index (χ1v) is 13.4. The topological polar surface area (TPSA) is 96.7 Å². The largest absolute Gasteiger partial charge is 0.433 e. The number of rotatable bonds is 5. The van der Waals surface area contributed by atoms with Crippen LogP contribution in [0.15, 0.2) is 70.0 Å². The first kappa shape index (κ1) is 25.4. The van der Waals surface area contributed by atoms with E-state index in [-0.39, 0.29) is 32.1 Å². The Morgan fingerprint density at radius 3 is 2.27 bits per heavy atom. The van der Waals surface area contributed by atoms with E-state index in [0.717, 1.165) is 18.9 Å². The highest BCUT2D eigenvalue weighted by molar-refractivity contribution is 9.10. The van der Waals surface area contributed by atoms with Crippen LogP contribution in [0.25, 0.3) is 16.9 Å². The lowest BCUT2D eigenvalue weighted by atomic mass is 10.1. The van der Waals surface area contributed by atoms with Crippen molar-refractivity contribution in [3.05, 3.63) is 76.5 Å². The fourth-order valence-corrected chi connectivity index (χ4v) is 6.11. The lowest BCUT2D eigenvalue weighted by molar-refractivity contribution is -0.142. The second kappa shape index (κ2) is 9.54. The van der Waals surface area contributed by atoms with Crippen LogP contribution in [0.4, 0.5) is 18.9 Å². The van der Waals surface area contributed by atoms with E-state index in [1.165, 1.54) is 28.6 Å². The molecule has 5 rings (SSSR count). The molecule has 1 aliphatic rings. The monoisotopic (exact) mass is 593 g/mol. The predicted molar refractivity (Wildman–Crippen MR) is 134 cm³/mol. The van der Waals surface area contributed by atoms with Crippen LogP contribution >= 0.6 is 15.9 Å². The summed E-state index contributed by atoms with van der Waals surface area (Å²) in [6.45, 7) is 0.922. The third-order valence-corrected chi connectivity index (χ3v) is 8.57. The minimum absolute atomic E-state index is 0.0125. The first-order valence-electron chi connectivity index (χ1n) is 11.2. The lowest BCUT2D eigenvalue weighted by Gasteiger charge is -2.15. The van der Waals surface area contributed by atoms with Crippen LogP contribution in [0.3, 0.4) is 0 Å². The van der Waals surface area contributed by atoms with Crippen molar-refractivity contribution >= 4 is 43.2 Å². The Morgan fingerprint density at radius 2 is 1.65 bits per heavy atom. The number of hydrogen-bond donors (Lipinski definition) is 1. The normalized spacial score (nSPS) is 14.8. The lowest BCUT2D eigenvalue weighted by Crippen LogP contribution is -2.27. The van der Waals surface area contributed by atoms with E-state index in [9.17, 15) is 26.4 Å². The number of halogens is 4. The number of amides is 1. The summed E-state index contributed by atoms with van der Waals surface area (Å²) >= 11 is 3.19. The molecule has 0 spiro atoms. The van der Waals surface area contributed by atoms with Gasteiger partial charge in [-0.1, -0.05) is 30.3 Å². The Bertz CT molecular complexity index is 1580. The van der Waals surface area contributed by atoms with E-state index in [0.29, 0.717) is 23.2 Å². The van der Waals surface area contributed by atoms with Crippen LogP contribution in [0.5, 0.6) is 0 Å². The number of nitrogens with one attached hydrogen (secondary N) is 1. The molecule has 37 heavy (non-hydrogen) atoms. The van der Waals surface area contributed by atoms with E-state index >= 15 is 0 Å². The number of alkyl halides is 3. The third-order valence-electron chi connectivity index (χ3n) is 5.92. The highest BCUT2D eigenvalue weighted by Gasteiger charge is 2.36. The van der Waals surface area contributed by atoms with E-state index < -0.39 is 27.8 Å². The van der Waals surface area contributed by atoms with Crippen LogP contribution in [0.2, 0.25) is 0 Å². The van der Waals surface area contributed by atoms with Gasteiger partial charge in [0.15, 0.2) is 17.0 Å². The fourth-order valence-electron chi connectivity index (χ4n) is 4.07. The Balaban J connectivity index is 1.47. The maximum absolute atomic E-state index is 13.9. The molecule has 3 heterocycles. The van der Waals surface area contributed by atoms with Gasteiger partial charge in [0, 0.05) is 24.3 Å². The summed E-state index contributed by atoms with van der Waals surface area (Å²) in [5, 5.41) is 6.44. The van der Waals surface area contributed by atoms with Crippen molar-refractivity contribution in [3.8, 4) is 11.3 Å². The zero-order chi connectivity index (χ0) is 26.4. The number of carbonyl (C=O) groups excluding carboxylic acids is 1. The van der Waals surface area contributed by atoms with Crippen LogP contribution in [-0.4, -0.2) is 46.3 Å². The molecular weight excluding hydrogens is 575 g/mol. The molecule has 1 saturated heterocycles. The average Bonchev–Trinajstić information content (AvgIpc) is 3.53. The van der Waals surface area contributed by atoms with Crippen molar-refractivity contribution in [1.82, 2.24) is 18.9 Å². The molecule has 2 aromatic carbocycles. The Hall–Kier alpha value is -3.29. The zero-order valence-electron chi connectivity index (χ0n) is 19.0. The molecule has 192 valence electrons. The number of anilines is 1. The van der Waals surface area contributed by atoms with Gasteiger partial charge in [0.1, 0.15) is 0 Å². The molecule has 0 unspecified atom stereocenters. The highest BCUT2D eigenvalue weighted by atomic mass is 79.9. The second-order valence-corrected chi connectivity index (χ2v) is 11.1. The molecule has 1 amide bonds. The highest BCUT2D eigenvalue weighted by Crippen LogP contribution is 2.35. The minimum atomic E-state index is -4.76. The minimum Gasteiger partial charge on any atom is -0.321 e. The quantitative estimate of drug-likeness (QED) is 0.342. The molecule has 1 N–H and O–H groups in total. The van der Waals surface area contributed by atoms with Gasteiger partial charge in [-0.25, -0.2) is 17.9 Å². The van der Waals surface area contributed by atoms with E-state index in [1.807, 2.05) is 0 Å². The van der Waals surface area contributed by atoms with Gasteiger partial charge in [-0.2, -0.15) is 22.6 Å². The van der Waals surface area contributed by atoms with Gasteiger partial charge in [-0.3, -0.25) is 4.79 Å². The third kappa shape index (κ3) is 4.86. The van der Waals surface area contributed by atoms with Gasteiger partial charge in [-0.15, -0.1) is 0 Å². The molecule has 1 aliphatic heterocycles. The van der Waals surface area contributed by atoms with Gasteiger partial charge in [-0.05, 0) is 59.1 Å². The summed E-state index contributed by atoms with van der Waals surface area (Å²) < 4.78 is 69.0. The molecule has 1 fully saturated rings. The van der Waals surface area contributed by atoms with E-state index in [1.54, 1.807) is 30.3 Å². The van der Waals surface area contributed by atoms with E-state index in [2.05, 4.69) is 31.3 Å². The smallest absolute Gasteiger partial charge is 0.321 e. The predicted octanol–water partition coefficient (Wildman–Crippen LogP) is 5.21. The summed E-state index contributed by atoms with van der Waals surface area (Å²) in [5.74, 6) is -0.790. The summed E-state index contributed by atoms with van der Waals surface area (Å²) in [6, 6.07) is 14.8. The summed E-state index contributed by atoms with van der Waals surface area (Å²) in [5.41, 5.74) is -0.778. The van der Waals surface area contributed by atoms with Crippen LogP contribution in [0.1, 0.15) is 29.0 Å². The number of nitrogens with zero attached hydrogens (tertiary/aromatic N) is 4. The summed E-state index contributed by atoms with van der Waals surface area (Å²) in [6.07, 6.45) is -3.15. The Kier molecular flexibility index (Phi) is 6.54. The molecule has 0 aliphatic carbocycles. The number of carbonyl (C=O) groups is 1. The first-order chi connectivity index (χ1) is 17.6. The standard InChI is InChI=1S/C24H19BrF3N5O3S/c25-20-21(23(34)29-16-8-10-17(11-9-16)37(35,36)32-12-4-5-13-32)31-33-19(24(26,27)28)14-18(30-22(20)33)15-6-2-1-3-7-15/h1-3,6-11,14H,4-5,12-13H2,(H,29,34). The fraction of sp³-hybridized carbons (Fsp3) is 0.208. The molecule has 13 heteroatoms. The molecule has 0 saturated carbocycles. The van der Waals surface area contributed by atoms with Crippen molar-refractivity contribution in [2.24, 2.45) is 0 Å². The Morgan fingerprint density at radius 1 is 1.00 bits per heavy atom. The van der Waals surface area contributed by atoms with Crippen molar-refractivity contribution in [1.29, 1.82) is 0 Å². The maximum Gasteiger partial charge on any atom is 0.433 e. The SMILES string of the molecule is O=C(Nc1ccc(S(=O)(=O)N2CCCC2)cc1)c1nn2c(C(F)(F)F)cc(-c3ccccc3)nc2c1Br. The van der Waals surface area contributed by atoms with Gasteiger partial charge in [0.2, 0.25) is 10.0 Å². The van der Waals surface area contributed by atoms with Crippen LogP contribution in [0, 0.1) is 0 Å². The number of benzene rings is 2. The second-order valence-electron chi connectivity index (χ2n) is 8.38. The molecule has 2 aromatic heterocycles. The molecular formula is C24H19BrF3N5O3S.